The Morgan fingerprint density at radius 2 is 1.81 bits per heavy atom. The molecule has 3 rings (SSSR count). The monoisotopic (exact) mass is 773 g/mol. The molecule has 0 radical (unpaired) electrons. The van der Waals surface area contributed by atoms with E-state index in [-0.39, 0.29) is 0 Å². The number of nitrogens with zero attached hydrogens (tertiary/aromatic N) is 3. The quantitative estimate of drug-likeness (QED) is 0.337. The van der Waals surface area contributed by atoms with Crippen LogP contribution in [0.2, 0.25) is 0 Å². The molecule has 0 atom stereocenters. The van der Waals surface area contributed by atoms with Gasteiger partial charge in [-0.15, -0.1) is 0 Å². The van der Waals surface area contributed by atoms with Crippen LogP contribution >= 0.6 is 45.7 Å². The largest absolute Gasteiger partial charge is 0.185 e. The number of rotatable bonds is 3. The Balaban J connectivity index is 0.000000254. The first-order valence-electron chi connectivity index (χ1n) is 8.01. The number of benzene rings is 1. The molecule has 1 aliphatic rings. The summed E-state index contributed by atoms with van der Waals surface area (Å²) in [5.74, 6) is 0.724. The second-order valence-electron chi connectivity index (χ2n) is 6.03. The molecule has 1 aliphatic carbocycles. The van der Waals surface area contributed by atoms with Crippen LogP contribution in [-0.2, 0) is 39.0 Å². The van der Waals surface area contributed by atoms with E-state index in [1.54, 1.807) is 11.7 Å². The van der Waals surface area contributed by atoms with E-state index in [9.17, 15) is 13.2 Å². The molecular weight excluding hydrogens is 754 g/mol. The fourth-order valence-corrected chi connectivity index (χ4v) is 4.18. The fourth-order valence-electron chi connectivity index (χ4n) is 2.62. The van der Waals surface area contributed by atoms with Gasteiger partial charge in [0.1, 0.15) is 0 Å². The summed E-state index contributed by atoms with van der Waals surface area (Å²) in [6.45, 7) is 0. The van der Waals surface area contributed by atoms with E-state index in [1.165, 1.54) is 37.8 Å². The van der Waals surface area contributed by atoms with Gasteiger partial charge in [-0.1, -0.05) is 12.8 Å². The van der Waals surface area contributed by atoms with Crippen molar-refractivity contribution in [2.24, 2.45) is 7.05 Å². The van der Waals surface area contributed by atoms with E-state index in [1.807, 2.05) is 0 Å². The van der Waals surface area contributed by atoms with E-state index in [0.29, 0.717) is 6.42 Å². The normalized spacial score (nSPS) is 15.3. The zero-order valence-corrected chi connectivity index (χ0v) is 20.6. The molecule has 148 valence electrons. The number of H-pyrrole nitrogens is 1. The maximum absolute atomic E-state index is 12.4. The van der Waals surface area contributed by atoms with Gasteiger partial charge in [-0.2, -0.15) is 1.33 Å². The van der Waals surface area contributed by atoms with Crippen LogP contribution in [-0.4, -0.2) is 22.1 Å². The molecule has 0 saturated heterocycles. The van der Waals surface area contributed by atoms with E-state index < -0.39 is 11.7 Å². The van der Waals surface area contributed by atoms with Crippen molar-refractivity contribution < 1.29 is 32.5 Å². The number of hydrogen-bond acceptors (Lipinski definition) is 2. The van der Waals surface area contributed by atoms with Gasteiger partial charge in [0.05, 0.1) is 0 Å². The molecule has 1 fully saturated rings. The van der Waals surface area contributed by atoms with E-state index in [4.69, 9.17) is 0 Å². The van der Waals surface area contributed by atoms with Crippen molar-refractivity contribution in [1.82, 2.24) is 16.1 Å². The van der Waals surface area contributed by atoms with E-state index in [0.717, 1.165) is 33.4 Å². The van der Waals surface area contributed by atoms with Gasteiger partial charge in [0.2, 0.25) is 0 Å². The minimum Gasteiger partial charge on any atom is -0.185 e. The molecule has 1 N–H and O–H groups in total. The van der Waals surface area contributed by atoms with Crippen LogP contribution in [0.15, 0.2) is 24.3 Å². The first-order chi connectivity index (χ1) is 12.2. The summed E-state index contributed by atoms with van der Waals surface area (Å²) < 4.78 is 42.0. The number of aromatic nitrogens is 3. The maximum atomic E-state index is 12.4. The van der Waals surface area contributed by atoms with E-state index in [2.05, 4.69) is 76.5 Å². The third-order valence-electron chi connectivity index (χ3n) is 4.03. The molecule has 0 amide bonds. The zero-order chi connectivity index (χ0) is 19.3. The number of nitrogens with one attached hydrogen (secondary N) is 1. The zero-order valence-electron chi connectivity index (χ0n) is 14.0. The number of aromatic amines is 1. The molecule has 2 aromatic rings. The molecule has 26 heavy (non-hydrogen) atoms. The maximum Gasteiger partial charge on any atom is 0.0311 e. The van der Waals surface area contributed by atoms with Crippen molar-refractivity contribution in [3.05, 3.63) is 45.0 Å². The summed E-state index contributed by atoms with van der Waals surface area (Å²) in [6.07, 6.45) is 1.89. The Kier molecular flexibility index (Phi) is 8.81. The Bertz CT molecular complexity index is 750. The summed E-state index contributed by atoms with van der Waals surface area (Å²) in [5, 5.41) is 4.21. The van der Waals surface area contributed by atoms with Gasteiger partial charge in [0.25, 0.3) is 0 Å². The summed E-state index contributed by atoms with van der Waals surface area (Å²) in [4.78, 5) is 3.05. The first-order valence-corrected chi connectivity index (χ1v) is 11.1. The van der Waals surface area contributed by atoms with Gasteiger partial charge in [0.15, 0.2) is 0 Å². The van der Waals surface area contributed by atoms with Crippen molar-refractivity contribution in [1.29, 1.82) is 0 Å². The molecule has 0 spiro atoms. The summed E-state index contributed by atoms with van der Waals surface area (Å²) in [7, 11) is 1.80. The summed E-state index contributed by atoms with van der Waals surface area (Å²) >= 11 is 6.81. The van der Waals surface area contributed by atoms with Crippen LogP contribution in [0.1, 0.15) is 42.6 Å². The predicted molar refractivity (Wildman–Crippen MR) is 107 cm³/mol. The van der Waals surface area contributed by atoms with Crippen molar-refractivity contribution >= 4 is 45.7 Å². The average molecular weight is 773 g/mol. The van der Waals surface area contributed by atoms with Gasteiger partial charge in [-0.3, -0.25) is 0 Å². The molecule has 1 heterocycles. The number of aryl methyl sites for hydroxylation is 1. The van der Waals surface area contributed by atoms with Gasteiger partial charge in [-0.05, 0) is 12.8 Å². The van der Waals surface area contributed by atoms with Crippen LogP contribution < -0.4 is 0 Å². The third kappa shape index (κ3) is 7.01. The SMILES string of the molecule is Cn1nc(Cc2ccc(C(F)(F)F)cc2)[nH][c]1=[Pt].IN(I)C1CCCC1. The van der Waals surface area contributed by atoms with Crippen LogP contribution in [0, 0.1) is 3.80 Å². The topological polar surface area (TPSA) is 36.9 Å². The molecule has 1 aromatic carbocycles. The van der Waals surface area contributed by atoms with Gasteiger partial charge in [0, 0.05) is 51.8 Å². The molecular formula is C16H19F3I2N4Pt. The number of alkyl halides is 3. The summed E-state index contributed by atoms with van der Waals surface area (Å²) in [6, 6.07) is 5.99. The molecule has 0 aliphatic heterocycles. The molecule has 4 nitrogen and oxygen atoms in total. The number of hydrogen-bond donors (Lipinski definition) is 1. The number of halogens is 5. The van der Waals surface area contributed by atoms with Gasteiger partial charge in [-0.25, -0.2) is 0 Å². The second-order valence-corrected chi connectivity index (χ2v) is 11.0. The van der Waals surface area contributed by atoms with Crippen LogP contribution in [0.4, 0.5) is 13.2 Å². The Hall–Kier alpha value is 0.258. The van der Waals surface area contributed by atoms with Crippen molar-refractivity contribution in [3.8, 4) is 0 Å². The smallest absolute Gasteiger partial charge is 0.0311 e. The molecule has 10 heteroatoms. The summed E-state index contributed by atoms with van der Waals surface area (Å²) in [5.41, 5.74) is 0.153. The Labute approximate surface area is 189 Å². The van der Waals surface area contributed by atoms with Gasteiger partial charge >= 0.3 is 112 Å². The van der Waals surface area contributed by atoms with Crippen molar-refractivity contribution in [3.63, 3.8) is 0 Å². The molecule has 1 saturated carbocycles. The van der Waals surface area contributed by atoms with Crippen LogP contribution in [0.3, 0.4) is 0 Å². The molecule has 1 aromatic heterocycles. The Morgan fingerprint density at radius 3 is 2.19 bits per heavy atom. The first kappa shape index (κ1) is 22.5. The van der Waals surface area contributed by atoms with E-state index >= 15 is 0 Å². The van der Waals surface area contributed by atoms with Crippen LogP contribution in [0.25, 0.3) is 0 Å². The van der Waals surface area contributed by atoms with Crippen molar-refractivity contribution in [2.75, 3.05) is 0 Å². The van der Waals surface area contributed by atoms with Crippen molar-refractivity contribution in [2.45, 2.75) is 44.3 Å². The Morgan fingerprint density at radius 1 is 1.23 bits per heavy atom. The third-order valence-corrected chi connectivity index (χ3v) is 6.62. The van der Waals surface area contributed by atoms with Crippen LogP contribution in [0.5, 0.6) is 0 Å². The minimum atomic E-state index is -4.29. The molecule has 0 unspecified atom stereocenters. The second kappa shape index (κ2) is 10.2. The van der Waals surface area contributed by atoms with Gasteiger partial charge < -0.3 is 0 Å². The fraction of sp³-hybridized carbons (Fsp3) is 0.500. The minimum absolute atomic E-state index is 0.481. The standard InChI is InChI=1S/C11H10F3N3.C5H9I2N.Pt/c1-17-7-15-10(16-17)6-8-2-4-9(5-3-8)11(12,13)14;6-8(7)5-3-1-2-4-5;/h2-5H,6H2,1H3,(H,15,16);5H,1-4H2;. The predicted octanol–water partition coefficient (Wildman–Crippen LogP) is 5.37. The molecule has 0 bridgehead atoms. The average Bonchev–Trinajstić information content (AvgIpc) is 3.19.